The maximum Gasteiger partial charge on any atom is 0.191 e. The predicted octanol–water partition coefficient (Wildman–Crippen LogP) is 3.56. The third-order valence-corrected chi connectivity index (χ3v) is 6.03. The quantitative estimate of drug-likeness (QED) is 0.236. The molecule has 1 saturated carbocycles. The molecule has 1 heterocycles. The van der Waals surface area contributed by atoms with Gasteiger partial charge >= 0.3 is 0 Å². The maximum absolute atomic E-state index is 6.08. The van der Waals surface area contributed by atoms with Crippen LogP contribution < -0.4 is 10.6 Å². The number of piperidine rings is 1. The van der Waals surface area contributed by atoms with Crippen molar-refractivity contribution in [2.75, 3.05) is 46.4 Å². The van der Waals surface area contributed by atoms with Gasteiger partial charge in [0.1, 0.15) is 0 Å². The second-order valence-corrected chi connectivity index (χ2v) is 8.87. The highest BCUT2D eigenvalue weighted by atomic mass is 16.5. The third kappa shape index (κ3) is 11.2. The number of unbranched alkanes of at least 4 members (excludes halogenated alkanes) is 1. The molecule has 1 aliphatic carbocycles. The fourth-order valence-corrected chi connectivity index (χ4v) is 4.20. The molecule has 6 nitrogen and oxygen atoms in total. The molecule has 0 atom stereocenters. The number of nitrogens with zero attached hydrogens (tertiary/aromatic N) is 2. The number of hydrogen-bond donors (Lipinski definition) is 2. The van der Waals surface area contributed by atoms with Crippen LogP contribution in [0.1, 0.15) is 78.1 Å². The molecule has 1 aliphatic heterocycles. The minimum atomic E-state index is 0.326. The largest absolute Gasteiger partial charge is 0.378 e. The van der Waals surface area contributed by atoms with Crippen molar-refractivity contribution in [1.82, 2.24) is 15.5 Å². The lowest BCUT2D eigenvalue weighted by atomic mass is 10.1. The highest BCUT2D eigenvalue weighted by molar-refractivity contribution is 5.79. The Labute approximate surface area is 179 Å². The monoisotopic (exact) mass is 410 g/mol. The van der Waals surface area contributed by atoms with E-state index >= 15 is 0 Å². The van der Waals surface area contributed by atoms with Gasteiger partial charge in [-0.1, -0.05) is 25.7 Å². The Morgan fingerprint density at radius 3 is 2.38 bits per heavy atom. The molecule has 29 heavy (non-hydrogen) atoms. The average molecular weight is 411 g/mol. The summed E-state index contributed by atoms with van der Waals surface area (Å²) in [7, 11) is 1.86. The first-order valence-corrected chi connectivity index (χ1v) is 12.1. The van der Waals surface area contributed by atoms with E-state index in [1.807, 2.05) is 7.05 Å². The number of likely N-dealkylation sites (tertiary alicyclic amines) is 1. The summed E-state index contributed by atoms with van der Waals surface area (Å²) >= 11 is 0. The van der Waals surface area contributed by atoms with Gasteiger partial charge in [0.05, 0.1) is 18.8 Å². The lowest BCUT2D eigenvalue weighted by Crippen LogP contribution is -2.49. The molecule has 0 radical (unpaired) electrons. The van der Waals surface area contributed by atoms with Crippen molar-refractivity contribution >= 4 is 5.96 Å². The summed E-state index contributed by atoms with van der Waals surface area (Å²) in [6.45, 7) is 10.2. The second-order valence-electron chi connectivity index (χ2n) is 8.87. The maximum atomic E-state index is 6.08. The average Bonchev–Trinajstić information content (AvgIpc) is 2.99. The zero-order chi connectivity index (χ0) is 20.7. The van der Waals surface area contributed by atoms with Gasteiger partial charge in [-0.3, -0.25) is 4.99 Å². The lowest BCUT2D eigenvalue weighted by Gasteiger charge is -2.33. The number of rotatable bonds is 11. The van der Waals surface area contributed by atoms with Crippen LogP contribution in [0.4, 0.5) is 0 Å². The van der Waals surface area contributed by atoms with Crippen LogP contribution in [0.5, 0.6) is 0 Å². The van der Waals surface area contributed by atoms with E-state index in [1.54, 1.807) is 0 Å². The summed E-state index contributed by atoms with van der Waals surface area (Å²) in [4.78, 5) is 6.91. The highest BCUT2D eigenvalue weighted by Crippen LogP contribution is 2.19. The van der Waals surface area contributed by atoms with Gasteiger partial charge in [-0.15, -0.1) is 0 Å². The van der Waals surface area contributed by atoms with E-state index in [4.69, 9.17) is 9.47 Å². The zero-order valence-corrected chi connectivity index (χ0v) is 19.3. The van der Waals surface area contributed by atoms with Crippen LogP contribution in [-0.2, 0) is 9.47 Å². The predicted molar refractivity (Wildman–Crippen MR) is 122 cm³/mol. The minimum Gasteiger partial charge on any atom is -0.378 e. The van der Waals surface area contributed by atoms with Crippen LogP contribution >= 0.6 is 0 Å². The summed E-state index contributed by atoms with van der Waals surface area (Å²) in [5.41, 5.74) is 0. The molecule has 2 aliphatic rings. The van der Waals surface area contributed by atoms with Gasteiger partial charge in [0.15, 0.2) is 5.96 Å². The lowest BCUT2D eigenvalue weighted by molar-refractivity contribution is 0.0411. The number of ether oxygens (including phenoxy) is 2. The summed E-state index contributed by atoms with van der Waals surface area (Å²) in [5.74, 6) is 0.941. The molecule has 0 spiro atoms. The Morgan fingerprint density at radius 1 is 1.00 bits per heavy atom. The first-order valence-electron chi connectivity index (χ1n) is 12.1. The van der Waals surface area contributed by atoms with Gasteiger partial charge in [0.2, 0.25) is 0 Å². The molecule has 0 aromatic rings. The van der Waals surface area contributed by atoms with Gasteiger partial charge in [-0.25, -0.2) is 0 Å². The van der Waals surface area contributed by atoms with Gasteiger partial charge in [0, 0.05) is 45.9 Å². The van der Waals surface area contributed by atoms with E-state index in [1.165, 1.54) is 38.5 Å². The molecule has 0 aromatic carbocycles. The SMILES string of the molecule is CN=C(NCCCCOC1CCCCCC1)NC1CCN(CCOC(C)C)CC1. The van der Waals surface area contributed by atoms with Gasteiger partial charge in [-0.2, -0.15) is 0 Å². The van der Waals surface area contributed by atoms with Crippen molar-refractivity contribution < 1.29 is 9.47 Å². The van der Waals surface area contributed by atoms with Crippen molar-refractivity contribution in [3.63, 3.8) is 0 Å². The molecule has 0 amide bonds. The zero-order valence-electron chi connectivity index (χ0n) is 19.3. The van der Waals surface area contributed by atoms with Gasteiger partial charge in [-0.05, 0) is 52.4 Å². The standard InChI is InChI=1S/C23H46N4O2/c1-20(2)28-19-17-27-15-12-21(13-16-27)26-23(24-3)25-14-8-9-18-29-22-10-6-4-5-7-11-22/h20-22H,4-19H2,1-3H3,(H2,24,25,26). The Morgan fingerprint density at radius 2 is 1.72 bits per heavy atom. The number of hydrogen-bond acceptors (Lipinski definition) is 4. The molecule has 1 saturated heterocycles. The molecule has 2 fully saturated rings. The van der Waals surface area contributed by atoms with Crippen LogP contribution in [0.15, 0.2) is 4.99 Å². The number of guanidine groups is 1. The van der Waals surface area contributed by atoms with Crippen molar-refractivity contribution in [3.05, 3.63) is 0 Å². The summed E-state index contributed by atoms with van der Waals surface area (Å²) in [6.07, 6.45) is 13.4. The Hall–Kier alpha value is -0.850. The summed E-state index contributed by atoms with van der Waals surface area (Å²) < 4.78 is 11.8. The molecule has 2 N–H and O–H groups in total. The summed E-state index contributed by atoms with van der Waals surface area (Å²) in [5, 5.41) is 7.07. The Balaban J connectivity index is 1.49. The first kappa shape index (κ1) is 24.4. The van der Waals surface area contributed by atoms with Crippen molar-refractivity contribution in [1.29, 1.82) is 0 Å². The normalized spacial score (nSPS) is 20.8. The fraction of sp³-hybridized carbons (Fsp3) is 0.957. The van der Waals surface area contributed by atoms with Crippen LogP contribution in [0.2, 0.25) is 0 Å². The van der Waals surface area contributed by atoms with Crippen LogP contribution in [-0.4, -0.2) is 75.5 Å². The third-order valence-electron chi connectivity index (χ3n) is 6.03. The van der Waals surface area contributed by atoms with Crippen molar-refractivity contribution in [3.8, 4) is 0 Å². The van der Waals surface area contributed by atoms with E-state index < -0.39 is 0 Å². The van der Waals surface area contributed by atoms with Gasteiger partial charge in [0.25, 0.3) is 0 Å². The molecule has 0 aromatic heterocycles. The smallest absolute Gasteiger partial charge is 0.191 e. The van der Waals surface area contributed by atoms with Crippen LogP contribution in [0, 0.1) is 0 Å². The molecular formula is C23H46N4O2. The Kier molecular flexibility index (Phi) is 12.7. The van der Waals surface area contributed by atoms with Crippen molar-refractivity contribution in [2.24, 2.45) is 4.99 Å². The van der Waals surface area contributed by atoms with Crippen LogP contribution in [0.3, 0.4) is 0 Å². The molecule has 0 unspecified atom stereocenters. The highest BCUT2D eigenvalue weighted by Gasteiger charge is 2.19. The number of aliphatic imine (C=N–C) groups is 1. The van der Waals surface area contributed by atoms with E-state index in [-0.39, 0.29) is 0 Å². The van der Waals surface area contributed by atoms with Gasteiger partial charge < -0.3 is 25.0 Å². The second kappa shape index (κ2) is 15.0. The van der Waals surface area contributed by atoms with E-state index in [0.717, 1.165) is 71.0 Å². The first-order chi connectivity index (χ1) is 14.2. The molecular weight excluding hydrogens is 364 g/mol. The molecule has 0 bridgehead atoms. The topological polar surface area (TPSA) is 58.1 Å². The molecule has 2 rings (SSSR count). The molecule has 170 valence electrons. The fourth-order valence-electron chi connectivity index (χ4n) is 4.20. The summed E-state index contributed by atoms with van der Waals surface area (Å²) in [6, 6.07) is 0.516. The van der Waals surface area contributed by atoms with E-state index in [2.05, 4.69) is 34.4 Å². The van der Waals surface area contributed by atoms with Crippen molar-refractivity contribution in [2.45, 2.75) is 96.3 Å². The van der Waals surface area contributed by atoms with E-state index in [0.29, 0.717) is 18.2 Å². The minimum absolute atomic E-state index is 0.326. The number of nitrogens with one attached hydrogen (secondary N) is 2. The van der Waals surface area contributed by atoms with E-state index in [9.17, 15) is 0 Å². The molecule has 6 heteroatoms. The Bertz CT molecular complexity index is 429. The van der Waals surface area contributed by atoms with Crippen LogP contribution in [0.25, 0.3) is 0 Å².